The number of alkyl halides is 1. The van der Waals surface area contributed by atoms with Crippen LogP contribution in [0, 0.1) is 0 Å². The predicted molar refractivity (Wildman–Crippen MR) is 75.6 cm³/mol. The highest BCUT2D eigenvalue weighted by Crippen LogP contribution is 2.24. The van der Waals surface area contributed by atoms with Gasteiger partial charge in [-0.15, -0.1) is 11.6 Å². The molecule has 2 saturated heterocycles. The maximum Gasteiger partial charge on any atom is 0.282 e. The fraction of sp³-hybridized carbons (Fsp3) is 1.00. The van der Waals surface area contributed by atoms with E-state index in [1.807, 2.05) is 6.92 Å². The maximum atomic E-state index is 12.7. The minimum atomic E-state index is -3.40. The van der Waals surface area contributed by atoms with Crippen LogP contribution in [-0.4, -0.2) is 61.3 Å². The summed E-state index contributed by atoms with van der Waals surface area (Å²) in [5.41, 5.74) is 0. The Morgan fingerprint density at radius 1 is 1.26 bits per heavy atom. The molecule has 2 fully saturated rings. The van der Waals surface area contributed by atoms with Gasteiger partial charge in [-0.3, -0.25) is 0 Å². The van der Waals surface area contributed by atoms with Crippen molar-refractivity contribution in [1.29, 1.82) is 0 Å². The Hall–Kier alpha value is 0.120. The van der Waals surface area contributed by atoms with E-state index in [2.05, 4.69) is 0 Å². The molecule has 19 heavy (non-hydrogen) atoms. The molecule has 0 bridgehead atoms. The Labute approximate surface area is 121 Å². The molecule has 112 valence electrons. The SMILES string of the molecule is CC1CN(S(=O)(=O)N2CCCCC2CCl)CCCO1. The van der Waals surface area contributed by atoms with E-state index in [1.165, 1.54) is 0 Å². The summed E-state index contributed by atoms with van der Waals surface area (Å²) in [4.78, 5) is 0. The normalized spacial score (nSPS) is 32.1. The van der Waals surface area contributed by atoms with Gasteiger partial charge in [-0.2, -0.15) is 17.0 Å². The lowest BCUT2D eigenvalue weighted by atomic mass is 10.1. The lowest BCUT2D eigenvalue weighted by molar-refractivity contribution is 0.0744. The first kappa shape index (κ1) is 15.5. The second-order valence-corrected chi connectivity index (χ2v) is 7.51. The summed E-state index contributed by atoms with van der Waals surface area (Å²) in [6.07, 6.45) is 3.55. The Balaban J connectivity index is 2.15. The van der Waals surface area contributed by atoms with Gasteiger partial charge in [-0.25, -0.2) is 0 Å². The van der Waals surface area contributed by atoms with E-state index in [4.69, 9.17) is 16.3 Å². The molecule has 2 rings (SSSR count). The first-order chi connectivity index (χ1) is 9.05. The van der Waals surface area contributed by atoms with Crippen LogP contribution in [0.4, 0.5) is 0 Å². The summed E-state index contributed by atoms with van der Waals surface area (Å²) in [5.74, 6) is 0.374. The lowest BCUT2D eigenvalue weighted by Crippen LogP contribution is -2.52. The van der Waals surface area contributed by atoms with Crippen LogP contribution >= 0.6 is 11.6 Å². The molecule has 0 amide bonds. The zero-order valence-corrected chi connectivity index (χ0v) is 13.0. The Morgan fingerprint density at radius 3 is 2.79 bits per heavy atom. The number of hydrogen-bond donors (Lipinski definition) is 0. The van der Waals surface area contributed by atoms with Crippen LogP contribution in [0.5, 0.6) is 0 Å². The second-order valence-electron chi connectivity index (χ2n) is 5.32. The molecule has 5 nitrogen and oxygen atoms in total. The number of hydrogen-bond acceptors (Lipinski definition) is 3. The average Bonchev–Trinajstić information content (AvgIpc) is 2.64. The highest BCUT2D eigenvalue weighted by Gasteiger charge is 2.37. The van der Waals surface area contributed by atoms with Crippen LogP contribution in [0.2, 0.25) is 0 Å². The van der Waals surface area contributed by atoms with Crippen LogP contribution in [0.15, 0.2) is 0 Å². The standard InChI is InChI=1S/C12H23ClN2O3S/c1-11-10-14(6-4-8-18-11)19(16,17)15-7-3-2-5-12(15)9-13/h11-12H,2-10H2,1H3. The molecule has 0 aromatic heterocycles. The molecule has 2 unspecified atom stereocenters. The molecule has 0 aliphatic carbocycles. The van der Waals surface area contributed by atoms with E-state index < -0.39 is 10.2 Å². The van der Waals surface area contributed by atoms with Gasteiger partial charge in [0.1, 0.15) is 0 Å². The van der Waals surface area contributed by atoms with Gasteiger partial charge in [0.2, 0.25) is 0 Å². The monoisotopic (exact) mass is 310 g/mol. The predicted octanol–water partition coefficient (Wildman–Crippen LogP) is 1.44. The van der Waals surface area contributed by atoms with E-state index in [0.717, 1.165) is 25.7 Å². The number of piperidine rings is 1. The largest absolute Gasteiger partial charge is 0.377 e. The molecule has 0 radical (unpaired) electrons. The third-order valence-corrected chi connectivity index (χ3v) is 6.20. The Morgan fingerprint density at radius 2 is 2.05 bits per heavy atom. The lowest BCUT2D eigenvalue weighted by Gasteiger charge is -2.37. The molecule has 0 aromatic rings. The maximum absolute atomic E-state index is 12.7. The van der Waals surface area contributed by atoms with E-state index >= 15 is 0 Å². The van der Waals surface area contributed by atoms with Crippen LogP contribution in [0.3, 0.4) is 0 Å². The molecular formula is C12H23ClN2O3S. The van der Waals surface area contributed by atoms with Gasteiger partial charge in [0.25, 0.3) is 10.2 Å². The Kier molecular flexibility index (Phi) is 5.48. The summed E-state index contributed by atoms with van der Waals surface area (Å²) in [6.45, 7) is 4.12. The molecule has 0 N–H and O–H groups in total. The number of halogens is 1. The van der Waals surface area contributed by atoms with E-state index in [1.54, 1.807) is 8.61 Å². The molecule has 7 heteroatoms. The van der Waals surface area contributed by atoms with Gasteiger partial charge in [-0.05, 0) is 26.2 Å². The van der Waals surface area contributed by atoms with Crippen LogP contribution in [0.25, 0.3) is 0 Å². The summed E-state index contributed by atoms with van der Waals surface area (Å²) >= 11 is 5.93. The first-order valence-electron chi connectivity index (χ1n) is 7.00. The zero-order valence-electron chi connectivity index (χ0n) is 11.4. The van der Waals surface area contributed by atoms with Crippen LogP contribution in [-0.2, 0) is 14.9 Å². The third kappa shape index (κ3) is 3.61. The van der Waals surface area contributed by atoms with Crippen molar-refractivity contribution in [1.82, 2.24) is 8.61 Å². The molecule has 2 aliphatic heterocycles. The zero-order chi connectivity index (χ0) is 13.9. The van der Waals surface area contributed by atoms with Crippen LogP contribution < -0.4 is 0 Å². The van der Waals surface area contributed by atoms with Crippen molar-refractivity contribution in [3.05, 3.63) is 0 Å². The first-order valence-corrected chi connectivity index (χ1v) is 8.93. The van der Waals surface area contributed by atoms with Gasteiger partial charge in [0, 0.05) is 38.2 Å². The molecular weight excluding hydrogens is 288 g/mol. The molecule has 2 aliphatic rings. The van der Waals surface area contributed by atoms with Crippen molar-refractivity contribution in [2.24, 2.45) is 0 Å². The summed E-state index contributed by atoms with van der Waals surface area (Å²) in [5, 5.41) is 0. The third-order valence-electron chi connectivity index (χ3n) is 3.79. The van der Waals surface area contributed by atoms with Crippen molar-refractivity contribution in [2.75, 3.05) is 32.1 Å². The van der Waals surface area contributed by atoms with Gasteiger partial charge in [-0.1, -0.05) is 6.42 Å². The second kappa shape index (κ2) is 6.72. The quantitative estimate of drug-likeness (QED) is 0.741. The average molecular weight is 311 g/mol. The van der Waals surface area contributed by atoms with Crippen molar-refractivity contribution in [3.63, 3.8) is 0 Å². The summed E-state index contributed by atoms with van der Waals surface area (Å²) in [6, 6.07) is -0.0557. The number of ether oxygens (including phenoxy) is 1. The minimum absolute atomic E-state index is 0.0449. The summed E-state index contributed by atoms with van der Waals surface area (Å²) in [7, 11) is -3.40. The van der Waals surface area contributed by atoms with Crippen molar-refractivity contribution >= 4 is 21.8 Å². The van der Waals surface area contributed by atoms with Crippen LogP contribution in [0.1, 0.15) is 32.6 Å². The van der Waals surface area contributed by atoms with Gasteiger partial charge < -0.3 is 4.74 Å². The smallest absolute Gasteiger partial charge is 0.282 e. The fourth-order valence-electron chi connectivity index (χ4n) is 2.75. The minimum Gasteiger partial charge on any atom is -0.377 e. The molecule has 0 saturated carbocycles. The van der Waals surface area contributed by atoms with E-state index in [-0.39, 0.29) is 12.1 Å². The summed E-state index contributed by atoms with van der Waals surface area (Å²) < 4.78 is 34.2. The molecule has 2 atom stereocenters. The molecule has 0 aromatic carbocycles. The van der Waals surface area contributed by atoms with Crippen molar-refractivity contribution < 1.29 is 13.2 Å². The van der Waals surface area contributed by atoms with Crippen molar-refractivity contribution in [2.45, 2.75) is 44.8 Å². The van der Waals surface area contributed by atoms with E-state index in [0.29, 0.717) is 32.1 Å². The highest BCUT2D eigenvalue weighted by molar-refractivity contribution is 7.86. The highest BCUT2D eigenvalue weighted by atomic mass is 35.5. The Bertz CT molecular complexity index is 390. The molecule has 0 spiro atoms. The van der Waals surface area contributed by atoms with Gasteiger partial charge in [0.15, 0.2) is 0 Å². The number of rotatable bonds is 3. The topological polar surface area (TPSA) is 49.9 Å². The number of nitrogens with zero attached hydrogens (tertiary/aromatic N) is 2. The van der Waals surface area contributed by atoms with Gasteiger partial charge in [0.05, 0.1) is 6.10 Å². The van der Waals surface area contributed by atoms with Crippen molar-refractivity contribution in [3.8, 4) is 0 Å². The van der Waals surface area contributed by atoms with E-state index in [9.17, 15) is 8.42 Å². The fourth-order valence-corrected chi connectivity index (χ4v) is 5.12. The molecule has 2 heterocycles. The van der Waals surface area contributed by atoms with Gasteiger partial charge >= 0.3 is 0 Å².